The van der Waals surface area contributed by atoms with Gasteiger partial charge in [-0.3, -0.25) is 0 Å². The first kappa shape index (κ1) is 19.0. The van der Waals surface area contributed by atoms with Crippen molar-refractivity contribution in [2.24, 2.45) is 0 Å². The number of imidazole rings is 1. The van der Waals surface area contributed by atoms with Gasteiger partial charge in [-0.1, -0.05) is 18.6 Å². The predicted octanol–water partition coefficient (Wildman–Crippen LogP) is 3.32. The van der Waals surface area contributed by atoms with E-state index in [2.05, 4.69) is 9.88 Å². The molecule has 0 bridgehead atoms. The molecule has 0 radical (unpaired) electrons. The predicted molar refractivity (Wildman–Crippen MR) is 88.3 cm³/mol. The van der Waals surface area contributed by atoms with Gasteiger partial charge in [0.25, 0.3) is 0 Å². The third kappa shape index (κ3) is 4.20. The van der Waals surface area contributed by atoms with Gasteiger partial charge in [0.05, 0.1) is 23.7 Å². The number of halogens is 4. The number of aromatic nitrogens is 2. The summed E-state index contributed by atoms with van der Waals surface area (Å²) in [5, 5.41) is 10.3. The summed E-state index contributed by atoms with van der Waals surface area (Å²) in [5.41, 5.74) is 0.697. The quantitative estimate of drug-likeness (QED) is 0.906. The standard InChI is InChI=1S/C16H20F3N3O.ClH/c17-16(18,19)15-20-13-6-2-3-7-14(13)22(15)11-12(23)10-21-8-4-1-5-9-21;/h2-3,6-7,12,23H,1,4-5,8-11H2;1H. The number of nitrogens with zero attached hydrogens (tertiary/aromatic N) is 3. The second kappa shape index (κ2) is 7.72. The first-order chi connectivity index (χ1) is 10.9. The average Bonchev–Trinajstić information content (AvgIpc) is 2.87. The summed E-state index contributed by atoms with van der Waals surface area (Å²) in [4.78, 5) is 5.81. The largest absolute Gasteiger partial charge is 0.449 e. The van der Waals surface area contributed by atoms with E-state index in [0.29, 0.717) is 17.6 Å². The molecule has 0 aliphatic carbocycles. The molecule has 4 nitrogen and oxygen atoms in total. The van der Waals surface area contributed by atoms with Gasteiger partial charge in [-0.15, -0.1) is 12.4 Å². The molecular weight excluding hydrogens is 343 g/mol. The molecule has 2 heterocycles. The fraction of sp³-hybridized carbons (Fsp3) is 0.562. The van der Waals surface area contributed by atoms with E-state index in [4.69, 9.17) is 0 Å². The van der Waals surface area contributed by atoms with Crippen LogP contribution in [0.15, 0.2) is 24.3 Å². The van der Waals surface area contributed by atoms with Crippen LogP contribution in [0.1, 0.15) is 25.1 Å². The van der Waals surface area contributed by atoms with E-state index >= 15 is 0 Å². The van der Waals surface area contributed by atoms with E-state index in [1.165, 1.54) is 6.42 Å². The molecule has 2 aromatic rings. The Bertz CT molecular complexity index is 668. The number of aliphatic hydroxyl groups excluding tert-OH is 1. The van der Waals surface area contributed by atoms with Crippen molar-refractivity contribution in [2.45, 2.75) is 38.1 Å². The molecule has 0 amide bonds. The summed E-state index contributed by atoms with van der Waals surface area (Å²) in [7, 11) is 0. The first-order valence-electron chi connectivity index (χ1n) is 7.88. The Kier molecular flexibility index (Phi) is 6.11. The van der Waals surface area contributed by atoms with Crippen LogP contribution in [0.3, 0.4) is 0 Å². The molecule has 1 fully saturated rings. The lowest BCUT2D eigenvalue weighted by atomic mass is 10.1. The van der Waals surface area contributed by atoms with Crippen molar-refractivity contribution < 1.29 is 18.3 Å². The van der Waals surface area contributed by atoms with Crippen LogP contribution < -0.4 is 0 Å². The van der Waals surface area contributed by atoms with Gasteiger partial charge in [0.2, 0.25) is 5.82 Å². The lowest BCUT2D eigenvalue weighted by molar-refractivity contribution is -0.147. The molecule has 1 saturated heterocycles. The Morgan fingerprint density at radius 2 is 1.75 bits per heavy atom. The van der Waals surface area contributed by atoms with Gasteiger partial charge in [-0.2, -0.15) is 13.2 Å². The topological polar surface area (TPSA) is 41.3 Å². The Morgan fingerprint density at radius 3 is 2.42 bits per heavy atom. The fourth-order valence-corrected chi connectivity index (χ4v) is 3.19. The summed E-state index contributed by atoms with van der Waals surface area (Å²) in [6.07, 6.45) is -2.06. The molecule has 1 N–H and O–H groups in total. The number of aliphatic hydroxyl groups is 1. The van der Waals surface area contributed by atoms with Gasteiger partial charge in [-0.05, 0) is 38.1 Å². The normalized spacial score (nSPS) is 17.7. The molecule has 0 spiro atoms. The zero-order chi connectivity index (χ0) is 16.4. The minimum atomic E-state index is -4.54. The van der Waals surface area contributed by atoms with Crippen LogP contribution in [0.2, 0.25) is 0 Å². The van der Waals surface area contributed by atoms with Crippen LogP contribution in [0.4, 0.5) is 13.2 Å². The third-order valence-electron chi connectivity index (χ3n) is 4.22. The van der Waals surface area contributed by atoms with Crippen LogP contribution >= 0.6 is 12.4 Å². The summed E-state index contributed by atoms with van der Waals surface area (Å²) in [5.74, 6) is -0.948. The van der Waals surface area contributed by atoms with Crippen molar-refractivity contribution in [3.8, 4) is 0 Å². The highest BCUT2D eigenvalue weighted by molar-refractivity contribution is 5.85. The molecular formula is C16H21ClF3N3O. The van der Waals surface area contributed by atoms with Gasteiger partial charge < -0.3 is 14.6 Å². The van der Waals surface area contributed by atoms with Gasteiger partial charge in [-0.25, -0.2) is 4.98 Å². The van der Waals surface area contributed by atoms with Crippen LogP contribution in [0.5, 0.6) is 0 Å². The van der Waals surface area contributed by atoms with Crippen molar-refractivity contribution in [3.63, 3.8) is 0 Å². The maximum absolute atomic E-state index is 13.2. The number of benzene rings is 1. The summed E-state index contributed by atoms with van der Waals surface area (Å²) in [6, 6.07) is 6.49. The molecule has 1 unspecified atom stereocenters. The van der Waals surface area contributed by atoms with E-state index in [-0.39, 0.29) is 19.0 Å². The van der Waals surface area contributed by atoms with Gasteiger partial charge in [0.15, 0.2) is 0 Å². The maximum Gasteiger partial charge on any atom is 0.449 e. The number of piperidine rings is 1. The Morgan fingerprint density at radius 1 is 1.08 bits per heavy atom. The van der Waals surface area contributed by atoms with Gasteiger partial charge in [0, 0.05) is 6.54 Å². The zero-order valence-electron chi connectivity index (χ0n) is 13.2. The Hall–Kier alpha value is -1.31. The Labute approximate surface area is 144 Å². The lowest BCUT2D eigenvalue weighted by Gasteiger charge is -2.28. The number of alkyl halides is 3. The highest BCUT2D eigenvalue weighted by Crippen LogP contribution is 2.31. The number of hydrogen-bond acceptors (Lipinski definition) is 3. The van der Waals surface area contributed by atoms with E-state index in [0.717, 1.165) is 30.5 Å². The van der Waals surface area contributed by atoms with Crippen LogP contribution in [0, 0.1) is 0 Å². The second-order valence-electron chi connectivity index (χ2n) is 6.05. The first-order valence-corrected chi connectivity index (χ1v) is 7.88. The zero-order valence-corrected chi connectivity index (χ0v) is 14.0. The van der Waals surface area contributed by atoms with E-state index in [9.17, 15) is 18.3 Å². The SMILES string of the molecule is Cl.OC(CN1CCCCC1)Cn1c(C(F)(F)F)nc2ccccc21. The van der Waals surface area contributed by atoms with E-state index < -0.39 is 18.1 Å². The van der Waals surface area contributed by atoms with Crippen LogP contribution in [-0.4, -0.2) is 45.3 Å². The van der Waals surface area contributed by atoms with Crippen molar-refractivity contribution >= 4 is 23.4 Å². The van der Waals surface area contributed by atoms with Crippen LogP contribution in [-0.2, 0) is 12.7 Å². The summed E-state index contributed by atoms with van der Waals surface area (Å²) in [6.45, 7) is 2.08. The number of hydrogen-bond donors (Lipinski definition) is 1. The molecule has 1 aliphatic rings. The molecule has 1 aliphatic heterocycles. The highest BCUT2D eigenvalue weighted by atomic mass is 35.5. The van der Waals surface area contributed by atoms with Crippen molar-refractivity contribution in [3.05, 3.63) is 30.1 Å². The monoisotopic (exact) mass is 363 g/mol. The number of likely N-dealkylation sites (tertiary alicyclic amines) is 1. The lowest BCUT2D eigenvalue weighted by Crippen LogP contribution is -2.38. The molecule has 1 aromatic heterocycles. The van der Waals surface area contributed by atoms with E-state index in [1.807, 2.05) is 0 Å². The van der Waals surface area contributed by atoms with Crippen molar-refractivity contribution in [1.29, 1.82) is 0 Å². The van der Waals surface area contributed by atoms with Gasteiger partial charge in [0.1, 0.15) is 0 Å². The molecule has 1 aromatic carbocycles. The van der Waals surface area contributed by atoms with E-state index in [1.54, 1.807) is 24.3 Å². The third-order valence-corrected chi connectivity index (χ3v) is 4.22. The molecule has 134 valence electrons. The van der Waals surface area contributed by atoms with Crippen LogP contribution in [0.25, 0.3) is 11.0 Å². The minimum absolute atomic E-state index is 0. The smallest absolute Gasteiger partial charge is 0.390 e. The molecule has 8 heteroatoms. The number of β-amino-alcohol motifs (C(OH)–C–C–N with tert-alkyl or cyclic N) is 1. The highest BCUT2D eigenvalue weighted by Gasteiger charge is 2.38. The average molecular weight is 364 g/mol. The second-order valence-corrected chi connectivity index (χ2v) is 6.05. The Balaban J connectivity index is 0.00000208. The molecule has 0 saturated carbocycles. The maximum atomic E-state index is 13.2. The minimum Gasteiger partial charge on any atom is -0.390 e. The van der Waals surface area contributed by atoms with Gasteiger partial charge >= 0.3 is 6.18 Å². The summed E-state index contributed by atoms with van der Waals surface area (Å²) < 4.78 is 40.7. The number of fused-ring (bicyclic) bond motifs is 1. The molecule has 24 heavy (non-hydrogen) atoms. The molecule has 3 rings (SSSR count). The fourth-order valence-electron chi connectivity index (χ4n) is 3.19. The summed E-state index contributed by atoms with van der Waals surface area (Å²) >= 11 is 0. The van der Waals surface area contributed by atoms with Crippen molar-refractivity contribution in [2.75, 3.05) is 19.6 Å². The van der Waals surface area contributed by atoms with Crippen molar-refractivity contribution in [1.82, 2.24) is 14.5 Å². The number of rotatable bonds is 4. The molecule has 1 atom stereocenters. The number of para-hydroxylation sites is 2.